The summed E-state index contributed by atoms with van der Waals surface area (Å²) in [5, 5.41) is 17.1. The fourth-order valence-corrected chi connectivity index (χ4v) is 7.17. The predicted molar refractivity (Wildman–Crippen MR) is 170 cm³/mol. The van der Waals surface area contributed by atoms with E-state index in [2.05, 4.69) is 22.5 Å². The maximum Gasteiger partial charge on any atom is 0.251 e. The van der Waals surface area contributed by atoms with Crippen molar-refractivity contribution in [1.29, 1.82) is 0 Å². The maximum atomic E-state index is 13.9. The number of piperidine rings is 1. The summed E-state index contributed by atoms with van der Waals surface area (Å²) >= 11 is 6.34. The van der Waals surface area contributed by atoms with Crippen molar-refractivity contribution in [2.75, 3.05) is 26.7 Å². The van der Waals surface area contributed by atoms with Crippen LogP contribution in [0.25, 0.3) is 0 Å². The van der Waals surface area contributed by atoms with Gasteiger partial charge >= 0.3 is 0 Å². The van der Waals surface area contributed by atoms with E-state index in [-0.39, 0.29) is 23.6 Å². The molecule has 5 rings (SSSR count). The molecule has 2 aliphatic heterocycles. The number of carbonyl (C=O) groups excluding carboxylic acids is 3. The summed E-state index contributed by atoms with van der Waals surface area (Å²) < 4.78 is 5.95. The van der Waals surface area contributed by atoms with Gasteiger partial charge in [-0.2, -0.15) is 0 Å². The molecule has 0 aromatic heterocycles. The zero-order valence-corrected chi connectivity index (χ0v) is 26.6. The van der Waals surface area contributed by atoms with Gasteiger partial charge in [-0.1, -0.05) is 56.3 Å². The van der Waals surface area contributed by atoms with Crippen molar-refractivity contribution in [3.8, 4) is 11.5 Å². The van der Waals surface area contributed by atoms with E-state index in [1.807, 2.05) is 29.2 Å². The third-order valence-corrected chi connectivity index (χ3v) is 9.92. The number of unbranched alkanes of at least 4 members (excludes halogenated alkanes) is 1. The molecule has 2 aromatic carbocycles. The third kappa shape index (κ3) is 6.90. The van der Waals surface area contributed by atoms with Crippen LogP contribution in [0.4, 0.5) is 0 Å². The molecular formula is C34H45ClN4O5. The number of nitrogens with one attached hydrogen (secondary N) is 2. The smallest absolute Gasteiger partial charge is 0.251 e. The first kappa shape index (κ1) is 32.3. The van der Waals surface area contributed by atoms with Crippen molar-refractivity contribution in [1.82, 2.24) is 20.4 Å². The lowest BCUT2D eigenvalue weighted by Crippen LogP contribution is -2.75. The molecule has 238 valence electrons. The first-order valence-electron chi connectivity index (χ1n) is 16.1. The average molecular weight is 625 g/mol. The van der Waals surface area contributed by atoms with E-state index >= 15 is 0 Å². The van der Waals surface area contributed by atoms with E-state index in [1.54, 1.807) is 25.2 Å². The number of amides is 3. The molecule has 0 radical (unpaired) electrons. The first-order valence-corrected chi connectivity index (χ1v) is 16.4. The van der Waals surface area contributed by atoms with Crippen molar-refractivity contribution in [3.63, 3.8) is 0 Å². The molecule has 3 amide bonds. The molecule has 1 aliphatic carbocycles. The van der Waals surface area contributed by atoms with Gasteiger partial charge in [0, 0.05) is 38.8 Å². The Morgan fingerprint density at radius 2 is 1.82 bits per heavy atom. The summed E-state index contributed by atoms with van der Waals surface area (Å²) in [5.41, 5.74) is 0.705. The molecule has 3 N–H and O–H groups in total. The summed E-state index contributed by atoms with van der Waals surface area (Å²) in [6.45, 7) is 4.71. The Labute approximate surface area is 265 Å². The van der Waals surface area contributed by atoms with Crippen molar-refractivity contribution in [3.05, 3.63) is 58.6 Å². The highest BCUT2D eigenvalue weighted by Gasteiger charge is 2.55. The fraction of sp³-hybridized carbons (Fsp3) is 0.559. The van der Waals surface area contributed by atoms with E-state index in [9.17, 15) is 19.5 Å². The number of nitrogens with zero attached hydrogens (tertiary/aromatic N) is 2. The molecule has 0 bridgehead atoms. The molecule has 3 fully saturated rings. The van der Waals surface area contributed by atoms with Gasteiger partial charge < -0.3 is 25.4 Å². The highest BCUT2D eigenvalue weighted by molar-refractivity contribution is 6.32. The van der Waals surface area contributed by atoms with Crippen LogP contribution in [0.15, 0.2) is 42.5 Å². The van der Waals surface area contributed by atoms with Gasteiger partial charge in [-0.25, -0.2) is 0 Å². The normalized spacial score (nSPS) is 21.6. The molecular weight excluding hydrogens is 580 g/mol. The second kappa shape index (κ2) is 14.3. The van der Waals surface area contributed by atoms with Crippen LogP contribution in [0.3, 0.4) is 0 Å². The molecule has 1 spiro atoms. The Hall–Kier alpha value is -3.14. The standard InChI is InChI=1S/C34H45ClN4O5/c1-3-4-18-39-32(42)29(30(40)24-8-6-5-7-9-24)37-33(43)34(39)16-19-38(20-17-34)22-23-10-13-26(14-11-23)44-28-15-12-25(21-27(28)35)31(41)36-2/h10-15,21,24,29-30,40H,3-9,16-20,22H2,1-2H3,(H,36,41)(H,37,43)/t29-,30-/m1/s1. The second-order valence-electron chi connectivity index (χ2n) is 12.5. The van der Waals surface area contributed by atoms with Crippen LogP contribution < -0.4 is 15.4 Å². The predicted octanol–water partition coefficient (Wildman–Crippen LogP) is 4.89. The summed E-state index contributed by atoms with van der Waals surface area (Å²) in [5.74, 6) is 0.711. The Balaban J connectivity index is 1.20. The van der Waals surface area contributed by atoms with Crippen LogP contribution in [0.2, 0.25) is 5.02 Å². The summed E-state index contributed by atoms with van der Waals surface area (Å²) in [7, 11) is 1.57. The van der Waals surface area contributed by atoms with Crippen LogP contribution in [0.1, 0.15) is 80.6 Å². The number of halogens is 1. The number of benzene rings is 2. The molecule has 2 atom stereocenters. The zero-order valence-electron chi connectivity index (χ0n) is 25.8. The molecule has 3 aliphatic rings. The Morgan fingerprint density at radius 1 is 1.11 bits per heavy atom. The fourth-order valence-electron chi connectivity index (χ4n) is 6.95. The van der Waals surface area contributed by atoms with Gasteiger partial charge in [-0.3, -0.25) is 19.3 Å². The second-order valence-corrected chi connectivity index (χ2v) is 12.9. The number of aliphatic hydroxyl groups excluding tert-OH is 1. The molecule has 1 saturated carbocycles. The van der Waals surface area contributed by atoms with Gasteiger partial charge in [0.1, 0.15) is 23.1 Å². The molecule has 9 nitrogen and oxygen atoms in total. The number of piperazine rings is 1. The van der Waals surface area contributed by atoms with Crippen LogP contribution in [0, 0.1) is 5.92 Å². The molecule has 44 heavy (non-hydrogen) atoms. The highest BCUT2D eigenvalue weighted by atomic mass is 35.5. The van der Waals surface area contributed by atoms with Crippen molar-refractivity contribution < 1.29 is 24.2 Å². The lowest BCUT2D eigenvalue weighted by molar-refractivity contribution is -0.166. The van der Waals surface area contributed by atoms with Crippen molar-refractivity contribution >= 4 is 29.3 Å². The van der Waals surface area contributed by atoms with E-state index in [4.69, 9.17) is 16.3 Å². The maximum absolute atomic E-state index is 13.9. The molecule has 10 heteroatoms. The molecule has 0 unspecified atom stereocenters. The number of likely N-dealkylation sites (tertiary alicyclic amines) is 1. The number of hydrogen-bond donors (Lipinski definition) is 3. The van der Waals surface area contributed by atoms with E-state index < -0.39 is 17.7 Å². The van der Waals surface area contributed by atoms with Crippen molar-refractivity contribution in [2.45, 2.75) is 88.9 Å². The number of rotatable bonds is 10. The van der Waals surface area contributed by atoms with Crippen LogP contribution in [-0.2, 0) is 16.1 Å². The van der Waals surface area contributed by atoms with Gasteiger partial charge in [0.2, 0.25) is 11.8 Å². The van der Waals surface area contributed by atoms with Gasteiger partial charge in [0.15, 0.2) is 0 Å². The Kier molecular flexibility index (Phi) is 10.5. The number of aliphatic hydroxyl groups is 1. The van der Waals surface area contributed by atoms with Crippen LogP contribution in [0.5, 0.6) is 11.5 Å². The Morgan fingerprint density at radius 3 is 2.45 bits per heavy atom. The van der Waals surface area contributed by atoms with Crippen molar-refractivity contribution in [2.24, 2.45) is 5.92 Å². The first-order chi connectivity index (χ1) is 21.3. The summed E-state index contributed by atoms with van der Waals surface area (Å²) in [6, 6.07) is 11.9. The SMILES string of the molecule is CCCCN1C(=O)[C@@H]([C@H](O)C2CCCCC2)NC(=O)C12CCN(Cc1ccc(Oc3ccc(C(=O)NC)cc3Cl)cc1)CC2. The van der Waals surface area contributed by atoms with Crippen LogP contribution >= 0.6 is 11.6 Å². The average Bonchev–Trinajstić information content (AvgIpc) is 3.05. The van der Waals surface area contributed by atoms with E-state index in [1.165, 1.54) is 6.42 Å². The van der Waals surface area contributed by atoms with Gasteiger partial charge in [0.05, 0.1) is 11.1 Å². The topological polar surface area (TPSA) is 111 Å². The van der Waals surface area contributed by atoms with E-state index in [0.29, 0.717) is 61.1 Å². The monoisotopic (exact) mass is 624 g/mol. The van der Waals surface area contributed by atoms with Crippen LogP contribution in [-0.4, -0.2) is 77.0 Å². The highest BCUT2D eigenvalue weighted by Crippen LogP contribution is 2.37. The molecule has 2 aromatic rings. The van der Waals surface area contributed by atoms with E-state index in [0.717, 1.165) is 44.1 Å². The van der Waals surface area contributed by atoms with Gasteiger partial charge in [0.25, 0.3) is 5.91 Å². The zero-order chi connectivity index (χ0) is 31.3. The minimum atomic E-state index is -0.865. The number of ether oxygens (including phenoxy) is 1. The minimum Gasteiger partial charge on any atom is -0.456 e. The minimum absolute atomic E-state index is 0.0604. The summed E-state index contributed by atoms with van der Waals surface area (Å²) in [4.78, 5) is 43.6. The van der Waals surface area contributed by atoms with Gasteiger partial charge in [-0.05, 0) is 73.9 Å². The largest absolute Gasteiger partial charge is 0.456 e. The Bertz CT molecular complexity index is 1320. The number of hydrogen-bond acceptors (Lipinski definition) is 6. The van der Waals surface area contributed by atoms with Gasteiger partial charge in [-0.15, -0.1) is 0 Å². The lowest BCUT2D eigenvalue weighted by atomic mass is 9.78. The lowest BCUT2D eigenvalue weighted by Gasteiger charge is -2.52. The quantitative estimate of drug-likeness (QED) is 0.347. The summed E-state index contributed by atoms with van der Waals surface area (Å²) in [6.07, 6.45) is 7.15. The molecule has 2 heterocycles. The molecule has 2 saturated heterocycles. The number of carbonyl (C=O) groups is 3. The third-order valence-electron chi connectivity index (χ3n) is 9.63.